The summed E-state index contributed by atoms with van der Waals surface area (Å²) in [6.45, 7) is 1.56. The molecule has 2 aromatic rings. The first-order valence-electron chi connectivity index (χ1n) is 6.96. The third-order valence-electron chi connectivity index (χ3n) is 3.31. The molecule has 2 aromatic carbocycles. The number of nitrogens with one attached hydrogen (secondary N) is 1. The molecule has 0 bridgehead atoms. The fourth-order valence-electron chi connectivity index (χ4n) is 2.23. The summed E-state index contributed by atoms with van der Waals surface area (Å²) in [6.07, 6.45) is 2.12. The van der Waals surface area contributed by atoms with E-state index in [0.29, 0.717) is 12.0 Å². The van der Waals surface area contributed by atoms with Crippen molar-refractivity contribution >= 4 is 12.6 Å². The molecule has 104 valence electrons. The van der Waals surface area contributed by atoms with E-state index in [0.717, 1.165) is 24.9 Å². The lowest BCUT2D eigenvalue weighted by Crippen LogP contribution is -2.34. The van der Waals surface area contributed by atoms with Crippen LogP contribution in [0.1, 0.15) is 17.5 Å². The second kappa shape index (κ2) is 7.85. The maximum atomic E-state index is 9.28. The van der Waals surface area contributed by atoms with Gasteiger partial charge in [-0.15, -0.1) is 0 Å². The molecule has 0 spiro atoms. The molecule has 0 aliphatic carbocycles. The highest BCUT2D eigenvalue weighted by molar-refractivity contribution is 6.59. The minimum atomic E-state index is -1.41. The van der Waals surface area contributed by atoms with Gasteiger partial charge >= 0.3 is 7.12 Å². The van der Waals surface area contributed by atoms with E-state index >= 15 is 0 Å². The van der Waals surface area contributed by atoms with E-state index in [4.69, 9.17) is 0 Å². The highest BCUT2D eigenvalue weighted by atomic mass is 16.4. The number of rotatable bonds is 7. The molecule has 0 unspecified atom stereocenters. The van der Waals surface area contributed by atoms with E-state index in [1.165, 1.54) is 5.56 Å². The summed E-state index contributed by atoms with van der Waals surface area (Å²) in [7, 11) is -1.41. The van der Waals surface area contributed by atoms with Crippen molar-refractivity contribution in [3.05, 3.63) is 65.7 Å². The minimum absolute atomic E-state index is 0.572. The molecule has 20 heavy (non-hydrogen) atoms. The number of benzene rings is 2. The number of aryl methyl sites for hydroxylation is 1. The Balaban J connectivity index is 1.74. The van der Waals surface area contributed by atoms with Gasteiger partial charge in [-0.25, -0.2) is 0 Å². The maximum Gasteiger partial charge on any atom is 0.488 e. The van der Waals surface area contributed by atoms with Crippen LogP contribution in [-0.2, 0) is 13.0 Å². The molecule has 4 heteroatoms. The molecule has 3 nitrogen and oxygen atoms in total. The van der Waals surface area contributed by atoms with Gasteiger partial charge < -0.3 is 15.4 Å². The zero-order valence-corrected chi connectivity index (χ0v) is 11.5. The Labute approximate surface area is 120 Å². The predicted molar refractivity (Wildman–Crippen MR) is 82.7 cm³/mol. The molecule has 0 aromatic heterocycles. The summed E-state index contributed by atoms with van der Waals surface area (Å²) < 4.78 is 0. The largest absolute Gasteiger partial charge is 0.488 e. The van der Waals surface area contributed by atoms with E-state index in [2.05, 4.69) is 29.6 Å². The van der Waals surface area contributed by atoms with E-state index in [1.807, 2.05) is 24.3 Å². The molecular formula is C16H20BNO2. The van der Waals surface area contributed by atoms with Crippen LogP contribution >= 0.6 is 0 Å². The van der Waals surface area contributed by atoms with Crippen molar-refractivity contribution in [3.8, 4) is 0 Å². The van der Waals surface area contributed by atoms with Crippen LogP contribution in [0.5, 0.6) is 0 Å². The second-order valence-corrected chi connectivity index (χ2v) is 4.84. The third-order valence-corrected chi connectivity index (χ3v) is 3.31. The highest BCUT2D eigenvalue weighted by Gasteiger charge is 2.14. The molecule has 0 radical (unpaired) electrons. The summed E-state index contributed by atoms with van der Waals surface area (Å²) in [4.78, 5) is 0. The smallest absolute Gasteiger partial charge is 0.423 e. The molecular weight excluding hydrogens is 249 g/mol. The Kier molecular flexibility index (Phi) is 5.80. The molecule has 0 atom stereocenters. The van der Waals surface area contributed by atoms with Crippen molar-refractivity contribution in [2.24, 2.45) is 0 Å². The van der Waals surface area contributed by atoms with Gasteiger partial charge in [0.2, 0.25) is 0 Å². The van der Waals surface area contributed by atoms with E-state index in [1.54, 1.807) is 6.07 Å². The zero-order chi connectivity index (χ0) is 14.2. The summed E-state index contributed by atoms with van der Waals surface area (Å²) in [6, 6.07) is 17.8. The van der Waals surface area contributed by atoms with Crippen LogP contribution in [0.15, 0.2) is 54.6 Å². The summed E-state index contributed by atoms with van der Waals surface area (Å²) in [5.74, 6) is 0. The van der Waals surface area contributed by atoms with Gasteiger partial charge in [-0.05, 0) is 36.0 Å². The van der Waals surface area contributed by atoms with Crippen LogP contribution in [0, 0.1) is 0 Å². The Bertz CT molecular complexity index is 517. The van der Waals surface area contributed by atoms with Gasteiger partial charge in [0.25, 0.3) is 0 Å². The van der Waals surface area contributed by atoms with Crippen LogP contribution in [0.3, 0.4) is 0 Å². The lowest BCUT2D eigenvalue weighted by molar-refractivity contribution is 0.425. The molecule has 0 aliphatic rings. The minimum Gasteiger partial charge on any atom is -0.423 e. The third kappa shape index (κ3) is 4.49. The van der Waals surface area contributed by atoms with Gasteiger partial charge in [0.15, 0.2) is 0 Å². The van der Waals surface area contributed by atoms with Gasteiger partial charge in [0.05, 0.1) is 0 Å². The second-order valence-electron chi connectivity index (χ2n) is 4.84. The van der Waals surface area contributed by atoms with Crippen LogP contribution in [0.2, 0.25) is 0 Å². The first kappa shape index (κ1) is 14.8. The van der Waals surface area contributed by atoms with Crippen LogP contribution in [-0.4, -0.2) is 23.7 Å². The van der Waals surface area contributed by atoms with Crippen molar-refractivity contribution < 1.29 is 10.0 Å². The van der Waals surface area contributed by atoms with Crippen LogP contribution < -0.4 is 10.8 Å². The Morgan fingerprint density at radius 2 is 1.60 bits per heavy atom. The van der Waals surface area contributed by atoms with Crippen molar-refractivity contribution in [2.45, 2.75) is 19.4 Å². The standard InChI is InChI=1S/C16H20BNO2/c19-17(20)16-11-5-4-10-15(16)13-18-12-6-9-14-7-2-1-3-8-14/h1-5,7-8,10-11,18-20H,6,9,12-13H2. The monoisotopic (exact) mass is 269 g/mol. The van der Waals surface area contributed by atoms with E-state index in [9.17, 15) is 10.0 Å². The van der Waals surface area contributed by atoms with Crippen LogP contribution in [0.4, 0.5) is 0 Å². The molecule has 0 heterocycles. The number of hydrogen-bond acceptors (Lipinski definition) is 3. The molecule has 2 rings (SSSR count). The lowest BCUT2D eigenvalue weighted by atomic mass is 9.77. The maximum absolute atomic E-state index is 9.28. The van der Waals surface area contributed by atoms with Crippen molar-refractivity contribution in [1.82, 2.24) is 5.32 Å². The van der Waals surface area contributed by atoms with Crippen LogP contribution in [0.25, 0.3) is 0 Å². The normalized spacial score (nSPS) is 10.5. The van der Waals surface area contributed by atoms with E-state index in [-0.39, 0.29) is 0 Å². The zero-order valence-electron chi connectivity index (χ0n) is 11.5. The molecule has 0 aliphatic heterocycles. The average Bonchev–Trinajstić information content (AvgIpc) is 2.48. The first-order chi connectivity index (χ1) is 9.77. The quantitative estimate of drug-likeness (QED) is 0.521. The van der Waals surface area contributed by atoms with Crippen molar-refractivity contribution in [3.63, 3.8) is 0 Å². The fourth-order valence-corrected chi connectivity index (χ4v) is 2.23. The first-order valence-corrected chi connectivity index (χ1v) is 6.96. The Hall–Kier alpha value is -1.62. The van der Waals surface area contributed by atoms with Gasteiger partial charge in [0.1, 0.15) is 0 Å². The fraction of sp³-hybridized carbons (Fsp3) is 0.250. The molecule has 0 fully saturated rings. The topological polar surface area (TPSA) is 52.5 Å². The summed E-state index contributed by atoms with van der Waals surface area (Å²) >= 11 is 0. The predicted octanol–water partition coefficient (Wildman–Crippen LogP) is 1.09. The summed E-state index contributed by atoms with van der Waals surface area (Å²) in [5.41, 5.74) is 2.85. The summed E-state index contributed by atoms with van der Waals surface area (Å²) in [5, 5.41) is 21.9. The highest BCUT2D eigenvalue weighted by Crippen LogP contribution is 2.02. The van der Waals surface area contributed by atoms with Gasteiger partial charge in [-0.2, -0.15) is 0 Å². The average molecular weight is 269 g/mol. The van der Waals surface area contributed by atoms with Crippen molar-refractivity contribution in [2.75, 3.05) is 6.54 Å². The molecule has 0 amide bonds. The molecule has 0 saturated carbocycles. The van der Waals surface area contributed by atoms with E-state index < -0.39 is 7.12 Å². The molecule has 3 N–H and O–H groups in total. The van der Waals surface area contributed by atoms with Gasteiger partial charge in [0, 0.05) is 6.54 Å². The molecule has 0 saturated heterocycles. The van der Waals surface area contributed by atoms with Gasteiger partial charge in [-0.1, -0.05) is 54.6 Å². The Morgan fingerprint density at radius 1 is 0.900 bits per heavy atom. The van der Waals surface area contributed by atoms with Crippen molar-refractivity contribution in [1.29, 1.82) is 0 Å². The Morgan fingerprint density at radius 3 is 2.35 bits per heavy atom. The lowest BCUT2D eigenvalue weighted by Gasteiger charge is -2.10. The SMILES string of the molecule is OB(O)c1ccccc1CNCCCc1ccccc1. The van der Waals surface area contributed by atoms with Gasteiger partial charge in [-0.3, -0.25) is 0 Å². The number of hydrogen-bond donors (Lipinski definition) is 3.